The lowest BCUT2D eigenvalue weighted by Crippen LogP contribution is -2.37. The van der Waals surface area contributed by atoms with Crippen LogP contribution in [-0.4, -0.2) is 34.3 Å². The van der Waals surface area contributed by atoms with Gasteiger partial charge in [0.25, 0.3) is 5.91 Å². The molecule has 4 atom stereocenters. The van der Waals surface area contributed by atoms with Crippen molar-refractivity contribution in [2.45, 2.75) is 24.9 Å². The first-order valence-corrected chi connectivity index (χ1v) is 10.7. The van der Waals surface area contributed by atoms with E-state index in [-0.39, 0.29) is 24.5 Å². The second-order valence-electron chi connectivity index (χ2n) is 7.18. The Balaban J connectivity index is 1.83. The van der Waals surface area contributed by atoms with Crippen LogP contribution in [0.4, 0.5) is 0 Å². The molecule has 6 nitrogen and oxygen atoms in total. The second-order valence-corrected chi connectivity index (χ2v) is 8.09. The van der Waals surface area contributed by atoms with Crippen molar-refractivity contribution in [3.8, 4) is 0 Å². The topological polar surface area (TPSA) is 73.2 Å². The fraction of sp³-hybridized carbons (Fsp3) is 0.261. The van der Waals surface area contributed by atoms with Crippen LogP contribution >= 0.6 is 15.9 Å². The van der Waals surface area contributed by atoms with Gasteiger partial charge in [0.1, 0.15) is 6.04 Å². The van der Waals surface area contributed by atoms with Crippen LogP contribution < -0.4 is 5.32 Å². The predicted molar refractivity (Wildman–Crippen MR) is 116 cm³/mol. The fourth-order valence-electron chi connectivity index (χ4n) is 4.16. The molecule has 1 aliphatic heterocycles. The lowest BCUT2D eigenvalue weighted by Gasteiger charge is -2.24. The first kappa shape index (κ1) is 20.5. The third kappa shape index (κ3) is 3.95. The SMILES string of the molecule is CCOC(=O)[C@@H]1N[C@H](c2ccccc2)[C@H](C(=O)n2cccn2)[C@H]1c1ccc(Br)cc1. The summed E-state index contributed by atoms with van der Waals surface area (Å²) < 4.78 is 7.64. The molecule has 0 spiro atoms. The number of nitrogens with zero attached hydrogens (tertiary/aromatic N) is 2. The molecule has 0 unspecified atom stereocenters. The molecule has 0 amide bonds. The second kappa shape index (κ2) is 8.93. The number of esters is 1. The molecule has 2 aromatic carbocycles. The highest BCUT2D eigenvalue weighted by Crippen LogP contribution is 2.44. The molecule has 0 saturated carbocycles. The molecule has 1 aromatic heterocycles. The number of hydrogen-bond donors (Lipinski definition) is 1. The normalized spacial score (nSPS) is 23.3. The number of aromatic nitrogens is 2. The lowest BCUT2D eigenvalue weighted by atomic mass is 9.79. The molecule has 4 rings (SSSR count). The van der Waals surface area contributed by atoms with E-state index in [1.54, 1.807) is 25.4 Å². The van der Waals surface area contributed by atoms with E-state index in [0.717, 1.165) is 15.6 Å². The van der Waals surface area contributed by atoms with Gasteiger partial charge in [0.15, 0.2) is 0 Å². The third-order valence-electron chi connectivity index (χ3n) is 5.43. The van der Waals surface area contributed by atoms with Crippen LogP contribution in [0.3, 0.4) is 0 Å². The average molecular weight is 468 g/mol. The summed E-state index contributed by atoms with van der Waals surface area (Å²) >= 11 is 3.46. The summed E-state index contributed by atoms with van der Waals surface area (Å²) in [6.45, 7) is 2.06. The Hall–Kier alpha value is -2.77. The standard InChI is InChI=1S/C23H22BrN3O3/c1-2-30-23(29)21-18(15-9-11-17(24)12-10-15)19(22(28)27-14-6-13-25-27)20(26-21)16-7-4-3-5-8-16/h3-14,18-21,26H,2H2,1H3/t18-,19-,20-,21-/m1/s1. The van der Waals surface area contributed by atoms with Crippen LogP contribution in [0.25, 0.3) is 0 Å². The van der Waals surface area contributed by atoms with Gasteiger partial charge in [0, 0.05) is 28.8 Å². The Morgan fingerprint density at radius 3 is 2.43 bits per heavy atom. The summed E-state index contributed by atoms with van der Waals surface area (Å²) in [5.41, 5.74) is 1.84. The van der Waals surface area contributed by atoms with Crippen molar-refractivity contribution in [3.05, 3.63) is 88.7 Å². The van der Waals surface area contributed by atoms with Crippen LogP contribution in [0.2, 0.25) is 0 Å². The summed E-state index contributed by atoms with van der Waals surface area (Å²) in [5.74, 6) is -1.47. The molecule has 1 fully saturated rings. The Labute approximate surface area is 183 Å². The molecule has 0 aliphatic carbocycles. The minimum atomic E-state index is -0.652. The van der Waals surface area contributed by atoms with Gasteiger partial charge in [-0.15, -0.1) is 0 Å². The van der Waals surface area contributed by atoms with Gasteiger partial charge in [-0.25, -0.2) is 4.68 Å². The number of ether oxygens (including phenoxy) is 1. The van der Waals surface area contributed by atoms with E-state index in [0.29, 0.717) is 0 Å². The van der Waals surface area contributed by atoms with Gasteiger partial charge >= 0.3 is 5.97 Å². The molecule has 0 radical (unpaired) electrons. The van der Waals surface area contributed by atoms with E-state index in [1.165, 1.54) is 4.68 Å². The summed E-state index contributed by atoms with van der Waals surface area (Å²) in [6, 6.07) is 18.2. The highest BCUT2D eigenvalue weighted by molar-refractivity contribution is 9.10. The van der Waals surface area contributed by atoms with Crippen molar-refractivity contribution in [2.75, 3.05) is 6.61 Å². The average Bonchev–Trinajstić information content (AvgIpc) is 3.43. The van der Waals surface area contributed by atoms with Gasteiger partial charge in [-0.3, -0.25) is 14.9 Å². The van der Waals surface area contributed by atoms with Crippen molar-refractivity contribution < 1.29 is 14.3 Å². The molecule has 7 heteroatoms. The smallest absolute Gasteiger partial charge is 0.323 e. The molecule has 30 heavy (non-hydrogen) atoms. The fourth-order valence-corrected chi connectivity index (χ4v) is 4.42. The number of rotatable bonds is 5. The Morgan fingerprint density at radius 2 is 1.80 bits per heavy atom. The molecular formula is C23H22BrN3O3. The molecule has 2 heterocycles. The minimum absolute atomic E-state index is 0.166. The zero-order valence-corrected chi connectivity index (χ0v) is 18.0. The number of benzene rings is 2. The van der Waals surface area contributed by atoms with Crippen LogP contribution in [0.15, 0.2) is 77.5 Å². The van der Waals surface area contributed by atoms with Crippen molar-refractivity contribution >= 4 is 27.8 Å². The van der Waals surface area contributed by atoms with Gasteiger partial charge in [-0.1, -0.05) is 58.4 Å². The molecular weight excluding hydrogens is 446 g/mol. The van der Waals surface area contributed by atoms with Crippen molar-refractivity contribution in [1.29, 1.82) is 0 Å². The zero-order chi connectivity index (χ0) is 21.1. The molecule has 3 aromatic rings. The highest BCUT2D eigenvalue weighted by atomic mass is 79.9. The Bertz CT molecular complexity index is 1010. The monoisotopic (exact) mass is 467 g/mol. The van der Waals surface area contributed by atoms with Gasteiger partial charge in [-0.05, 0) is 36.2 Å². The van der Waals surface area contributed by atoms with Crippen LogP contribution in [-0.2, 0) is 9.53 Å². The maximum Gasteiger partial charge on any atom is 0.323 e. The van der Waals surface area contributed by atoms with Crippen molar-refractivity contribution in [2.24, 2.45) is 5.92 Å². The van der Waals surface area contributed by atoms with Crippen LogP contribution in [0.5, 0.6) is 0 Å². The van der Waals surface area contributed by atoms with E-state index >= 15 is 0 Å². The number of hydrogen-bond acceptors (Lipinski definition) is 5. The van der Waals surface area contributed by atoms with E-state index in [9.17, 15) is 9.59 Å². The number of nitrogens with one attached hydrogen (secondary N) is 1. The van der Waals surface area contributed by atoms with E-state index in [2.05, 4.69) is 26.3 Å². The summed E-state index contributed by atoms with van der Waals surface area (Å²) in [4.78, 5) is 26.5. The van der Waals surface area contributed by atoms with E-state index < -0.39 is 17.9 Å². The van der Waals surface area contributed by atoms with Crippen molar-refractivity contribution in [3.63, 3.8) is 0 Å². The molecule has 1 aliphatic rings. The first-order chi connectivity index (χ1) is 14.6. The maximum atomic E-state index is 13.6. The minimum Gasteiger partial charge on any atom is -0.465 e. The first-order valence-electron chi connectivity index (χ1n) is 9.87. The number of carbonyl (C=O) groups is 2. The third-order valence-corrected chi connectivity index (χ3v) is 5.96. The predicted octanol–water partition coefficient (Wildman–Crippen LogP) is 3.96. The van der Waals surface area contributed by atoms with Gasteiger partial charge in [-0.2, -0.15) is 5.10 Å². The van der Waals surface area contributed by atoms with Crippen molar-refractivity contribution in [1.82, 2.24) is 15.1 Å². The zero-order valence-electron chi connectivity index (χ0n) is 16.4. The number of carbonyl (C=O) groups excluding carboxylic acids is 2. The summed E-state index contributed by atoms with van der Waals surface area (Å²) in [7, 11) is 0. The molecule has 1 saturated heterocycles. The van der Waals surface area contributed by atoms with Crippen LogP contribution in [0, 0.1) is 5.92 Å². The van der Waals surface area contributed by atoms with E-state index in [1.807, 2.05) is 54.6 Å². The largest absolute Gasteiger partial charge is 0.465 e. The van der Waals surface area contributed by atoms with Crippen LogP contribution in [0.1, 0.15) is 34.8 Å². The Kier molecular flexibility index (Phi) is 6.11. The highest BCUT2D eigenvalue weighted by Gasteiger charge is 2.51. The summed E-state index contributed by atoms with van der Waals surface area (Å²) in [5, 5.41) is 7.55. The molecule has 1 N–H and O–H groups in total. The molecule has 154 valence electrons. The quantitative estimate of drug-likeness (QED) is 0.574. The van der Waals surface area contributed by atoms with E-state index in [4.69, 9.17) is 4.74 Å². The van der Waals surface area contributed by atoms with Gasteiger partial charge < -0.3 is 4.74 Å². The van der Waals surface area contributed by atoms with Gasteiger partial charge in [0.2, 0.25) is 0 Å². The number of halogens is 1. The maximum absolute atomic E-state index is 13.6. The van der Waals surface area contributed by atoms with Gasteiger partial charge in [0.05, 0.1) is 12.5 Å². The molecule has 0 bridgehead atoms. The lowest BCUT2D eigenvalue weighted by molar-refractivity contribution is -0.145. The Morgan fingerprint density at radius 1 is 1.07 bits per heavy atom. The summed E-state index contributed by atoms with van der Waals surface area (Å²) in [6.07, 6.45) is 3.22.